The number of primary amides is 1. The molecule has 11 heteroatoms. The van der Waals surface area contributed by atoms with Gasteiger partial charge in [0.05, 0.1) is 0 Å². The molecule has 1 aliphatic carbocycles. The fraction of sp³-hybridized carbons (Fsp3) is 0.250. The van der Waals surface area contributed by atoms with Crippen LogP contribution in [-0.2, 0) is 9.84 Å². The molecule has 10 nitrogen and oxygen atoms in total. The molecule has 1 aliphatic rings. The van der Waals surface area contributed by atoms with E-state index >= 15 is 0 Å². The van der Waals surface area contributed by atoms with Crippen molar-refractivity contribution in [3.63, 3.8) is 0 Å². The number of aromatic amines is 1. The number of amides is 1. The monoisotopic (exact) mass is 387 g/mol. The standard InChI is InChI=1S/C16H17N7O3S/c1-27(25,26)15-11-13(18-9-6-7-9)20-16(21-14(11)22-23-15)19-10-4-2-8(3-5-10)12(17)24/h2-5,9H,6-7H2,1H3,(H2,17,24)(H3,18,19,20,21,22,23). The summed E-state index contributed by atoms with van der Waals surface area (Å²) in [4.78, 5) is 19.9. The second kappa shape index (κ2) is 6.20. The Morgan fingerprint density at radius 1 is 1.22 bits per heavy atom. The molecule has 0 unspecified atom stereocenters. The van der Waals surface area contributed by atoms with Crippen molar-refractivity contribution < 1.29 is 13.2 Å². The topological polar surface area (TPSA) is 156 Å². The Bertz CT molecular complexity index is 1130. The number of nitrogens with zero attached hydrogens (tertiary/aromatic N) is 3. The third-order valence-corrected chi connectivity index (χ3v) is 5.08. The van der Waals surface area contributed by atoms with Gasteiger partial charge in [0.25, 0.3) is 0 Å². The van der Waals surface area contributed by atoms with Crippen LogP contribution in [0.15, 0.2) is 29.3 Å². The van der Waals surface area contributed by atoms with Crippen LogP contribution in [0.3, 0.4) is 0 Å². The second-order valence-corrected chi connectivity index (χ2v) is 8.34. The number of anilines is 3. The molecule has 0 atom stereocenters. The summed E-state index contributed by atoms with van der Waals surface area (Å²) >= 11 is 0. The molecule has 4 rings (SSSR count). The Labute approximate surface area is 154 Å². The summed E-state index contributed by atoms with van der Waals surface area (Å²) < 4.78 is 24.0. The molecule has 1 aromatic carbocycles. The molecule has 1 amide bonds. The van der Waals surface area contributed by atoms with Crippen molar-refractivity contribution in [3.05, 3.63) is 29.8 Å². The van der Waals surface area contributed by atoms with Crippen molar-refractivity contribution in [2.45, 2.75) is 23.9 Å². The SMILES string of the molecule is CS(=O)(=O)c1n[nH]c2nc(Nc3ccc(C(N)=O)cc3)nc(NC3CC3)c12. The second-order valence-electron chi connectivity index (χ2n) is 6.41. The van der Waals surface area contributed by atoms with Gasteiger partial charge in [-0.05, 0) is 37.1 Å². The molecule has 2 heterocycles. The third-order valence-electron chi connectivity index (χ3n) is 4.08. The number of hydrogen-bond acceptors (Lipinski definition) is 8. The molecule has 0 aliphatic heterocycles. The Balaban J connectivity index is 1.74. The normalized spacial score (nSPS) is 14.3. The Morgan fingerprint density at radius 2 is 1.93 bits per heavy atom. The van der Waals surface area contributed by atoms with Crippen LogP contribution in [0.4, 0.5) is 17.5 Å². The van der Waals surface area contributed by atoms with Crippen molar-refractivity contribution in [1.82, 2.24) is 20.2 Å². The lowest BCUT2D eigenvalue weighted by Gasteiger charge is -2.10. The minimum Gasteiger partial charge on any atom is -0.367 e. The minimum atomic E-state index is -3.54. The van der Waals surface area contributed by atoms with Crippen LogP contribution < -0.4 is 16.4 Å². The average Bonchev–Trinajstić information content (AvgIpc) is 3.29. The van der Waals surface area contributed by atoms with E-state index in [4.69, 9.17) is 5.73 Å². The summed E-state index contributed by atoms with van der Waals surface area (Å²) in [6.07, 6.45) is 3.08. The zero-order valence-corrected chi connectivity index (χ0v) is 15.2. The highest BCUT2D eigenvalue weighted by Gasteiger charge is 2.27. The number of fused-ring (bicyclic) bond motifs is 1. The molecule has 1 fully saturated rings. The number of sulfone groups is 1. The molecule has 1 saturated carbocycles. The van der Waals surface area contributed by atoms with Gasteiger partial charge < -0.3 is 16.4 Å². The summed E-state index contributed by atoms with van der Waals surface area (Å²) in [6.45, 7) is 0. The van der Waals surface area contributed by atoms with E-state index in [2.05, 4.69) is 30.8 Å². The van der Waals surface area contributed by atoms with Gasteiger partial charge >= 0.3 is 0 Å². The van der Waals surface area contributed by atoms with E-state index in [1.165, 1.54) is 0 Å². The van der Waals surface area contributed by atoms with Crippen molar-refractivity contribution in [2.75, 3.05) is 16.9 Å². The maximum Gasteiger partial charge on any atom is 0.248 e. The van der Waals surface area contributed by atoms with Crippen LogP contribution in [0.25, 0.3) is 11.0 Å². The van der Waals surface area contributed by atoms with Crippen molar-refractivity contribution in [3.8, 4) is 0 Å². The summed E-state index contributed by atoms with van der Waals surface area (Å²) in [5, 5.41) is 13.1. The number of carbonyl (C=O) groups is 1. The van der Waals surface area contributed by atoms with Crippen LogP contribution in [0.1, 0.15) is 23.2 Å². The van der Waals surface area contributed by atoms with E-state index in [1.54, 1.807) is 24.3 Å². The lowest BCUT2D eigenvalue weighted by Crippen LogP contribution is -2.10. The number of nitrogens with one attached hydrogen (secondary N) is 3. The summed E-state index contributed by atoms with van der Waals surface area (Å²) in [5.74, 6) is 0.162. The fourth-order valence-electron chi connectivity index (χ4n) is 2.60. The number of rotatable bonds is 6. The third kappa shape index (κ3) is 3.53. The Kier molecular flexibility index (Phi) is 3.95. The van der Waals surface area contributed by atoms with Gasteiger partial charge in [0, 0.05) is 23.5 Å². The molecule has 0 spiro atoms. The van der Waals surface area contributed by atoms with Crippen LogP contribution >= 0.6 is 0 Å². The molecule has 140 valence electrons. The number of nitrogens with two attached hydrogens (primary N) is 1. The predicted octanol–water partition coefficient (Wildman–Crippen LogP) is 1.17. The average molecular weight is 387 g/mol. The largest absolute Gasteiger partial charge is 0.367 e. The number of carbonyl (C=O) groups excluding carboxylic acids is 1. The van der Waals surface area contributed by atoms with Crippen LogP contribution in [0.5, 0.6) is 0 Å². The quantitative estimate of drug-likeness (QED) is 0.491. The van der Waals surface area contributed by atoms with Crippen molar-refractivity contribution >= 4 is 44.2 Å². The summed E-state index contributed by atoms with van der Waals surface area (Å²) in [7, 11) is -3.54. The van der Waals surface area contributed by atoms with Gasteiger partial charge in [0.1, 0.15) is 11.2 Å². The van der Waals surface area contributed by atoms with Crippen LogP contribution in [-0.4, -0.2) is 46.8 Å². The maximum atomic E-state index is 12.0. The van der Waals surface area contributed by atoms with E-state index in [1.807, 2.05) is 0 Å². The van der Waals surface area contributed by atoms with Crippen molar-refractivity contribution in [2.24, 2.45) is 5.73 Å². The molecule has 27 heavy (non-hydrogen) atoms. The molecule has 0 radical (unpaired) electrons. The van der Waals surface area contributed by atoms with Crippen LogP contribution in [0.2, 0.25) is 0 Å². The molecule has 0 saturated heterocycles. The van der Waals surface area contributed by atoms with E-state index in [0.717, 1.165) is 19.1 Å². The highest BCUT2D eigenvalue weighted by molar-refractivity contribution is 7.90. The zero-order chi connectivity index (χ0) is 19.2. The molecular formula is C16H17N7O3S. The molecule has 5 N–H and O–H groups in total. The Hall–Kier alpha value is -3.21. The number of aromatic nitrogens is 4. The Morgan fingerprint density at radius 3 is 2.52 bits per heavy atom. The van der Waals surface area contributed by atoms with Gasteiger partial charge in [-0.25, -0.2) is 8.42 Å². The fourth-order valence-corrected chi connectivity index (χ4v) is 3.38. The number of hydrogen-bond donors (Lipinski definition) is 4. The van der Waals surface area contributed by atoms with Crippen molar-refractivity contribution in [1.29, 1.82) is 0 Å². The van der Waals surface area contributed by atoms with Gasteiger partial charge in [-0.2, -0.15) is 15.1 Å². The minimum absolute atomic E-state index is 0.0852. The lowest BCUT2D eigenvalue weighted by molar-refractivity contribution is 0.100. The van der Waals surface area contributed by atoms with Gasteiger partial charge in [0.15, 0.2) is 20.5 Å². The maximum absolute atomic E-state index is 12.0. The van der Waals surface area contributed by atoms with Crippen LogP contribution in [0, 0.1) is 0 Å². The smallest absolute Gasteiger partial charge is 0.248 e. The zero-order valence-electron chi connectivity index (χ0n) is 14.4. The van der Waals surface area contributed by atoms with E-state index < -0.39 is 15.7 Å². The summed E-state index contributed by atoms with van der Waals surface area (Å²) in [6, 6.07) is 6.79. The number of benzene rings is 1. The first-order chi connectivity index (χ1) is 12.8. The van der Waals surface area contributed by atoms with Gasteiger partial charge in [-0.15, -0.1) is 0 Å². The first-order valence-electron chi connectivity index (χ1n) is 8.21. The lowest BCUT2D eigenvalue weighted by atomic mass is 10.2. The van der Waals surface area contributed by atoms with Gasteiger partial charge in [0.2, 0.25) is 11.9 Å². The first-order valence-corrected chi connectivity index (χ1v) is 10.1. The molecule has 2 aromatic heterocycles. The molecule has 0 bridgehead atoms. The number of H-pyrrole nitrogens is 1. The highest BCUT2D eigenvalue weighted by Crippen LogP contribution is 2.32. The van der Waals surface area contributed by atoms with E-state index in [0.29, 0.717) is 28.1 Å². The molecule has 3 aromatic rings. The van der Waals surface area contributed by atoms with E-state index in [-0.39, 0.29) is 17.0 Å². The molecular weight excluding hydrogens is 370 g/mol. The first kappa shape index (κ1) is 17.2. The van der Waals surface area contributed by atoms with Gasteiger partial charge in [-0.1, -0.05) is 0 Å². The van der Waals surface area contributed by atoms with E-state index in [9.17, 15) is 13.2 Å². The summed E-state index contributed by atoms with van der Waals surface area (Å²) in [5.41, 5.74) is 6.59. The predicted molar refractivity (Wildman–Crippen MR) is 99.7 cm³/mol. The van der Waals surface area contributed by atoms with Gasteiger partial charge in [-0.3, -0.25) is 9.89 Å². The highest BCUT2D eigenvalue weighted by atomic mass is 32.2.